The molecule has 0 bridgehead atoms. The number of hydrogen-bond acceptors (Lipinski definition) is 8. The van der Waals surface area contributed by atoms with Crippen LogP contribution in [0.5, 0.6) is 11.5 Å². The van der Waals surface area contributed by atoms with E-state index in [1.165, 1.54) is 0 Å². The number of likely N-dealkylation sites (tertiary alicyclic amines) is 2. The third kappa shape index (κ3) is 15.6. The highest BCUT2D eigenvalue weighted by Gasteiger charge is 2.27. The van der Waals surface area contributed by atoms with E-state index in [0.29, 0.717) is 74.9 Å². The van der Waals surface area contributed by atoms with Gasteiger partial charge in [0.1, 0.15) is 11.5 Å². The van der Waals surface area contributed by atoms with Gasteiger partial charge in [-0.05, 0) is 155 Å². The van der Waals surface area contributed by atoms with Crippen LogP contribution < -0.4 is 20.1 Å². The molecule has 0 atom stereocenters. The van der Waals surface area contributed by atoms with Crippen molar-refractivity contribution in [2.45, 2.75) is 104 Å². The van der Waals surface area contributed by atoms with Gasteiger partial charge in [-0.1, -0.05) is 61.9 Å². The Morgan fingerprint density at radius 2 is 0.908 bits per heavy atom. The minimum Gasteiger partial charge on any atom is -0.493 e. The summed E-state index contributed by atoms with van der Waals surface area (Å²) in [4.78, 5) is 51.8. The van der Waals surface area contributed by atoms with Gasteiger partial charge in [0, 0.05) is 49.9 Å². The van der Waals surface area contributed by atoms with Crippen LogP contribution in [0.15, 0.2) is 97.1 Å². The number of rotatable bonds is 16. The molecule has 4 amide bonds. The number of ether oxygens (including phenoxy) is 4. The molecule has 0 unspecified atom stereocenters. The van der Waals surface area contributed by atoms with Gasteiger partial charge in [0.05, 0.1) is 25.4 Å². The summed E-state index contributed by atoms with van der Waals surface area (Å²) in [6.45, 7) is 14.4. The predicted octanol–water partition coefficient (Wildman–Crippen LogP) is 10.4. The molecule has 2 N–H and O–H groups in total. The molecule has 1 aliphatic carbocycles. The quantitative estimate of drug-likeness (QED) is 0.106. The lowest BCUT2D eigenvalue weighted by Crippen LogP contribution is -2.40. The Morgan fingerprint density at radius 1 is 0.538 bits per heavy atom. The summed E-state index contributed by atoms with van der Waals surface area (Å²) in [5.74, 6) is 2.53. The zero-order valence-corrected chi connectivity index (χ0v) is 38.9. The Morgan fingerprint density at radius 3 is 1.26 bits per heavy atom. The second-order valence-electron chi connectivity index (χ2n) is 17.9. The number of hydrogen-bond donors (Lipinski definition) is 2. The van der Waals surface area contributed by atoms with Crippen LogP contribution in [-0.4, -0.2) is 98.0 Å². The first-order valence-electron chi connectivity index (χ1n) is 23.6. The van der Waals surface area contributed by atoms with Crippen LogP contribution in [0.1, 0.15) is 107 Å². The lowest BCUT2D eigenvalue weighted by molar-refractivity contribution is 0.0601. The molecular weight excluding hydrogens is 821 g/mol. The van der Waals surface area contributed by atoms with Crippen LogP contribution in [0.2, 0.25) is 0 Å². The summed E-state index contributed by atoms with van der Waals surface area (Å²) in [5, 5.41) is 5.95. The summed E-state index contributed by atoms with van der Waals surface area (Å²) in [7, 11) is 0. The van der Waals surface area contributed by atoms with Crippen LogP contribution in [0.3, 0.4) is 0 Å². The summed E-state index contributed by atoms with van der Waals surface area (Å²) in [6, 6.07) is 31.9. The van der Waals surface area contributed by atoms with E-state index >= 15 is 0 Å². The molecule has 3 fully saturated rings. The fourth-order valence-corrected chi connectivity index (χ4v) is 7.64. The molecule has 4 aromatic carbocycles. The summed E-state index contributed by atoms with van der Waals surface area (Å²) in [5.41, 5.74) is 5.68. The molecule has 1 saturated carbocycles. The highest BCUT2D eigenvalue weighted by atomic mass is 16.6. The van der Waals surface area contributed by atoms with E-state index in [1.54, 1.807) is 9.80 Å². The van der Waals surface area contributed by atoms with Crippen LogP contribution in [0, 0.1) is 11.8 Å². The largest absolute Gasteiger partial charge is 0.493 e. The van der Waals surface area contributed by atoms with Gasteiger partial charge in [-0.2, -0.15) is 0 Å². The molecule has 7 rings (SSSR count). The zero-order chi connectivity index (χ0) is 46.1. The first-order valence-corrected chi connectivity index (χ1v) is 23.6. The molecule has 348 valence electrons. The van der Waals surface area contributed by atoms with Crippen molar-refractivity contribution in [2.75, 3.05) is 45.9 Å². The highest BCUT2D eigenvalue weighted by Crippen LogP contribution is 2.27. The van der Waals surface area contributed by atoms with Crippen molar-refractivity contribution in [2.24, 2.45) is 11.8 Å². The average molecular weight is 889 g/mol. The molecule has 12 nitrogen and oxygen atoms in total. The Bertz CT molecular complexity index is 2100. The number of nitrogens with one attached hydrogen (secondary N) is 2. The molecule has 4 aromatic rings. The van der Waals surface area contributed by atoms with Crippen molar-refractivity contribution in [3.05, 3.63) is 108 Å². The highest BCUT2D eigenvalue weighted by molar-refractivity contribution is 5.95. The van der Waals surface area contributed by atoms with Gasteiger partial charge in [-0.25, -0.2) is 9.59 Å². The van der Waals surface area contributed by atoms with E-state index in [-0.39, 0.29) is 36.2 Å². The second-order valence-corrected chi connectivity index (χ2v) is 17.9. The third-order valence-electron chi connectivity index (χ3n) is 11.8. The molecular formula is C53H68N4O8. The van der Waals surface area contributed by atoms with E-state index < -0.39 is 0 Å². The maximum absolute atomic E-state index is 12.2. The van der Waals surface area contributed by atoms with Gasteiger partial charge in [0.25, 0.3) is 11.8 Å². The van der Waals surface area contributed by atoms with Crippen molar-refractivity contribution in [1.82, 2.24) is 20.4 Å². The van der Waals surface area contributed by atoms with Crippen LogP contribution >= 0.6 is 0 Å². The molecule has 0 spiro atoms. The van der Waals surface area contributed by atoms with Crippen molar-refractivity contribution in [1.29, 1.82) is 0 Å². The Balaban J connectivity index is 0.000000215. The van der Waals surface area contributed by atoms with Gasteiger partial charge < -0.3 is 39.4 Å². The van der Waals surface area contributed by atoms with E-state index in [9.17, 15) is 19.2 Å². The Hall–Kier alpha value is -6.04. The van der Waals surface area contributed by atoms with Crippen molar-refractivity contribution < 1.29 is 38.1 Å². The van der Waals surface area contributed by atoms with Crippen molar-refractivity contribution in [3.63, 3.8) is 0 Å². The minimum absolute atomic E-state index is 0.00504. The van der Waals surface area contributed by atoms with Gasteiger partial charge in [-0.15, -0.1) is 0 Å². The van der Waals surface area contributed by atoms with Gasteiger partial charge in [0.2, 0.25) is 0 Å². The molecule has 2 heterocycles. The number of carbonyl (C=O) groups is 4. The molecule has 0 radical (unpaired) electrons. The SMILES string of the molecule is CC(C)OC(=O)N1CCC(COc2ccc(-c3ccc(C(=O)NC4CC4)cc3)cc2)CC1.CCCCNC(=O)c1ccc(-c2ccc(OCC3CCN(C(=O)OC(C)C)CC3)cc2)cc1. The number of piperidine rings is 2. The fourth-order valence-electron chi connectivity index (χ4n) is 7.64. The smallest absolute Gasteiger partial charge is 0.410 e. The van der Waals surface area contributed by atoms with E-state index in [1.807, 2.05) is 125 Å². The van der Waals surface area contributed by atoms with Gasteiger partial charge in [0.15, 0.2) is 0 Å². The third-order valence-corrected chi connectivity index (χ3v) is 11.8. The molecule has 3 aliphatic rings. The van der Waals surface area contributed by atoms with E-state index in [4.69, 9.17) is 18.9 Å². The number of benzene rings is 4. The second kappa shape index (κ2) is 24.3. The summed E-state index contributed by atoms with van der Waals surface area (Å²) >= 11 is 0. The molecule has 0 aromatic heterocycles. The first kappa shape index (κ1) is 48.4. The predicted molar refractivity (Wildman–Crippen MR) is 254 cm³/mol. The average Bonchev–Trinajstić information content (AvgIpc) is 4.15. The van der Waals surface area contributed by atoms with Gasteiger partial charge >= 0.3 is 12.2 Å². The molecule has 12 heteroatoms. The zero-order valence-electron chi connectivity index (χ0n) is 38.9. The number of carbonyl (C=O) groups excluding carboxylic acids is 4. The monoisotopic (exact) mass is 889 g/mol. The number of nitrogens with zero attached hydrogens (tertiary/aromatic N) is 2. The topological polar surface area (TPSA) is 136 Å². The standard InChI is InChI=1S/C27H36N2O4.C26H32N2O4/c1-4-5-16-28-26(30)24-8-6-22(7-9-24)23-10-12-25(13-11-23)32-19-21-14-17-29(18-15-21)27(31)33-20(2)3;1-18(2)32-26(30)28-15-13-19(14-16-28)17-31-24-11-7-21(8-12-24)20-3-5-22(6-4-20)25(29)27-23-9-10-23/h6-13,20-21H,4-5,14-19H2,1-3H3,(H,28,30);3-8,11-12,18-19,23H,9-10,13-17H2,1-2H3,(H,27,29). The Labute approximate surface area is 385 Å². The van der Waals surface area contributed by atoms with Crippen molar-refractivity contribution >= 4 is 24.0 Å². The fraction of sp³-hybridized carbons (Fsp3) is 0.472. The lowest BCUT2D eigenvalue weighted by Gasteiger charge is -2.31. The van der Waals surface area contributed by atoms with Gasteiger partial charge in [-0.3, -0.25) is 9.59 Å². The van der Waals surface area contributed by atoms with Crippen LogP contribution in [0.4, 0.5) is 9.59 Å². The maximum Gasteiger partial charge on any atom is 0.410 e. The van der Waals surface area contributed by atoms with E-state index in [0.717, 1.165) is 85.1 Å². The van der Waals surface area contributed by atoms with Crippen LogP contribution in [0.25, 0.3) is 22.3 Å². The maximum atomic E-state index is 12.2. The van der Waals surface area contributed by atoms with Crippen LogP contribution in [-0.2, 0) is 9.47 Å². The minimum atomic E-state index is -0.217. The van der Waals surface area contributed by atoms with E-state index in [2.05, 4.69) is 17.6 Å². The lowest BCUT2D eigenvalue weighted by atomic mass is 9.98. The molecule has 2 aliphatic heterocycles. The normalized spacial score (nSPS) is 15.4. The summed E-state index contributed by atoms with van der Waals surface area (Å²) in [6.07, 6.45) is 7.31. The number of unbranched alkanes of at least 4 members (excludes halogenated alkanes) is 1. The molecule has 2 saturated heterocycles. The number of amides is 4. The summed E-state index contributed by atoms with van der Waals surface area (Å²) < 4.78 is 22.6. The molecule has 65 heavy (non-hydrogen) atoms. The Kier molecular flexibility index (Phi) is 18.1. The first-order chi connectivity index (χ1) is 31.4. The van der Waals surface area contributed by atoms with Crippen molar-refractivity contribution in [3.8, 4) is 33.8 Å².